The molecule has 2 aromatic rings. The number of hydrogen-bond donors (Lipinski definition) is 2. The highest BCUT2D eigenvalue weighted by Crippen LogP contribution is 2.30. The maximum atomic E-state index is 13.7. The molecule has 0 amide bonds. The van der Waals surface area contributed by atoms with E-state index >= 15 is 0 Å². The highest BCUT2D eigenvalue weighted by molar-refractivity contribution is 6.04. The number of halogens is 3. The van der Waals surface area contributed by atoms with Crippen LogP contribution in [0.15, 0.2) is 22.2 Å². The number of hydrogen-bond acceptors (Lipinski definition) is 5. The molecule has 0 saturated carbocycles. The van der Waals surface area contributed by atoms with E-state index in [0.29, 0.717) is 6.07 Å². The average Bonchev–Trinajstić information content (AvgIpc) is 2.89. The van der Waals surface area contributed by atoms with Crippen molar-refractivity contribution < 1.29 is 22.8 Å². The normalized spacial score (nSPS) is 10.5. The van der Waals surface area contributed by atoms with Gasteiger partial charge < -0.3 is 9.63 Å². The lowest BCUT2D eigenvalue weighted by Gasteiger charge is -2.02. The zero-order chi connectivity index (χ0) is 15.7. The van der Waals surface area contributed by atoms with Gasteiger partial charge in [-0.05, 0) is 26.0 Å². The van der Waals surface area contributed by atoms with Crippen molar-refractivity contribution in [2.24, 2.45) is 0 Å². The van der Waals surface area contributed by atoms with Crippen molar-refractivity contribution in [2.45, 2.75) is 13.8 Å². The highest BCUT2D eigenvalue weighted by atomic mass is 19.2. The van der Waals surface area contributed by atoms with E-state index in [9.17, 15) is 13.2 Å². The summed E-state index contributed by atoms with van der Waals surface area (Å²) in [6.07, 6.45) is 1.45. The van der Waals surface area contributed by atoms with Crippen LogP contribution in [0.4, 0.5) is 13.2 Å². The van der Waals surface area contributed by atoms with E-state index in [1.807, 2.05) is 0 Å². The molecule has 2 rings (SSSR count). The number of phenols is 1. The zero-order valence-electron chi connectivity index (χ0n) is 11.0. The van der Waals surface area contributed by atoms with E-state index in [2.05, 4.69) is 10.1 Å². The van der Waals surface area contributed by atoms with Gasteiger partial charge in [-0.25, -0.2) is 8.78 Å². The van der Waals surface area contributed by atoms with Crippen molar-refractivity contribution in [2.75, 3.05) is 0 Å². The predicted octanol–water partition coefficient (Wildman–Crippen LogP) is 3.19. The van der Waals surface area contributed by atoms with Gasteiger partial charge in [-0.15, -0.1) is 0 Å². The Morgan fingerprint density at radius 2 is 1.95 bits per heavy atom. The Balaban J connectivity index is 2.48. The summed E-state index contributed by atoms with van der Waals surface area (Å²) < 4.78 is 44.9. The number of nitrogens with zero attached hydrogens (tertiary/aromatic N) is 2. The van der Waals surface area contributed by atoms with Crippen LogP contribution in [0.25, 0.3) is 11.5 Å². The summed E-state index contributed by atoms with van der Waals surface area (Å²) >= 11 is 0. The Morgan fingerprint density at radius 1 is 1.29 bits per heavy atom. The third-order valence-corrected chi connectivity index (χ3v) is 2.46. The number of aromatic nitrogens is 2. The van der Waals surface area contributed by atoms with Crippen LogP contribution in [0.2, 0.25) is 0 Å². The lowest BCUT2D eigenvalue weighted by molar-refractivity contribution is 0.374. The Morgan fingerprint density at radius 3 is 2.57 bits per heavy atom. The maximum absolute atomic E-state index is 13.7. The molecule has 0 aliphatic heterocycles. The summed E-state index contributed by atoms with van der Waals surface area (Å²) in [4.78, 5) is 3.70. The largest absolute Gasteiger partial charge is 0.503 e. The second-order valence-electron chi connectivity index (χ2n) is 4.44. The summed E-state index contributed by atoms with van der Waals surface area (Å²) in [7, 11) is 0. The number of phenolic OH excluding ortho intramolecular Hbond substituents is 1. The first kappa shape index (κ1) is 14.8. The van der Waals surface area contributed by atoms with Crippen molar-refractivity contribution in [1.82, 2.24) is 10.1 Å². The fourth-order valence-electron chi connectivity index (χ4n) is 1.54. The van der Waals surface area contributed by atoms with Gasteiger partial charge in [-0.2, -0.15) is 9.37 Å². The number of rotatable bonds is 3. The second kappa shape index (κ2) is 5.39. The molecule has 0 fully saturated rings. The van der Waals surface area contributed by atoms with E-state index in [1.54, 1.807) is 13.8 Å². The van der Waals surface area contributed by atoms with Crippen LogP contribution >= 0.6 is 0 Å². The Kier molecular flexibility index (Phi) is 3.79. The molecule has 1 aromatic heterocycles. The van der Waals surface area contributed by atoms with Gasteiger partial charge in [0.1, 0.15) is 5.71 Å². The fraction of sp³-hybridized carbons (Fsp3) is 0.154. The molecule has 2 N–H and O–H groups in total. The zero-order valence-corrected chi connectivity index (χ0v) is 11.0. The van der Waals surface area contributed by atoms with Gasteiger partial charge in [0.25, 0.3) is 5.89 Å². The van der Waals surface area contributed by atoms with E-state index in [4.69, 9.17) is 15.0 Å². The average molecular weight is 297 g/mol. The van der Waals surface area contributed by atoms with E-state index in [1.165, 1.54) is 6.08 Å². The molecule has 0 atom stereocenters. The van der Waals surface area contributed by atoms with Gasteiger partial charge in [0.2, 0.25) is 11.6 Å². The molecular weight excluding hydrogens is 287 g/mol. The van der Waals surface area contributed by atoms with Gasteiger partial charge in [-0.3, -0.25) is 5.41 Å². The van der Waals surface area contributed by atoms with Crippen LogP contribution in [-0.2, 0) is 0 Å². The van der Waals surface area contributed by atoms with Gasteiger partial charge in [0, 0.05) is 0 Å². The molecule has 0 saturated heterocycles. The SMILES string of the molecule is CC(C)=CC(=N)c1noc(-c2cc(F)c(O)c(F)c2F)n1. The topological polar surface area (TPSA) is 83.0 Å². The molecule has 21 heavy (non-hydrogen) atoms. The number of benzene rings is 1. The summed E-state index contributed by atoms with van der Waals surface area (Å²) in [5, 5.41) is 20.1. The minimum Gasteiger partial charge on any atom is -0.503 e. The van der Waals surface area contributed by atoms with Crippen LogP contribution in [0.3, 0.4) is 0 Å². The van der Waals surface area contributed by atoms with Crippen molar-refractivity contribution in [3.05, 3.63) is 41.0 Å². The van der Waals surface area contributed by atoms with E-state index in [0.717, 1.165) is 5.57 Å². The smallest absolute Gasteiger partial charge is 0.261 e. The monoisotopic (exact) mass is 297 g/mol. The van der Waals surface area contributed by atoms with Gasteiger partial charge >= 0.3 is 0 Å². The standard InChI is InChI=1S/C13H10F3N3O2/c1-5(2)3-8(17)12-18-13(21-19-12)6-4-7(14)11(20)10(16)9(6)15/h3-4,17,20H,1-2H3. The maximum Gasteiger partial charge on any atom is 0.261 e. The van der Waals surface area contributed by atoms with E-state index in [-0.39, 0.29) is 11.5 Å². The summed E-state index contributed by atoms with van der Waals surface area (Å²) in [5.41, 5.74) is 0.0796. The Bertz CT molecular complexity index is 749. The summed E-state index contributed by atoms with van der Waals surface area (Å²) in [6.45, 7) is 3.50. The molecule has 1 heterocycles. The van der Waals surface area contributed by atoms with Crippen molar-refractivity contribution >= 4 is 5.71 Å². The van der Waals surface area contributed by atoms with Crippen LogP contribution in [-0.4, -0.2) is 21.0 Å². The molecule has 1 aromatic carbocycles. The first-order valence-electron chi connectivity index (χ1n) is 5.75. The lowest BCUT2D eigenvalue weighted by atomic mass is 10.2. The number of allylic oxidation sites excluding steroid dienone is 2. The Hall–Kier alpha value is -2.64. The molecule has 0 unspecified atom stereocenters. The molecule has 0 radical (unpaired) electrons. The first-order valence-corrected chi connectivity index (χ1v) is 5.75. The minimum absolute atomic E-state index is 0.0925. The first-order chi connectivity index (χ1) is 9.81. The highest BCUT2D eigenvalue weighted by Gasteiger charge is 2.23. The minimum atomic E-state index is -1.75. The van der Waals surface area contributed by atoms with Crippen LogP contribution in [0, 0.1) is 22.9 Å². The Labute approximate surface area is 117 Å². The van der Waals surface area contributed by atoms with Crippen molar-refractivity contribution in [3.63, 3.8) is 0 Å². The van der Waals surface area contributed by atoms with Crippen LogP contribution < -0.4 is 0 Å². The number of aromatic hydroxyl groups is 1. The number of nitrogens with one attached hydrogen (secondary N) is 1. The molecule has 0 bridgehead atoms. The lowest BCUT2D eigenvalue weighted by Crippen LogP contribution is -1.98. The predicted molar refractivity (Wildman–Crippen MR) is 67.5 cm³/mol. The second-order valence-corrected chi connectivity index (χ2v) is 4.44. The quantitative estimate of drug-likeness (QED) is 0.673. The molecule has 0 aliphatic rings. The van der Waals surface area contributed by atoms with Crippen molar-refractivity contribution in [3.8, 4) is 17.2 Å². The summed E-state index contributed by atoms with van der Waals surface area (Å²) in [6, 6.07) is 0.537. The third kappa shape index (κ3) is 2.78. The summed E-state index contributed by atoms with van der Waals surface area (Å²) in [5.74, 6) is -6.69. The van der Waals surface area contributed by atoms with Crippen LogP contribution in [0.5, 0.6) is 5.75 Å². The van der Waals surface area contributed by atoms with Gasteiger partial charge in [-0.1, -0.05) is 10.7 Å². The molecular formula is C13H10F3N3O2. The molecule has 0 aliphatic carbocycles. The molecule has 8 heteroatoms. The van der Waals surface area contributed by atoms with Crippen molar-refractivity contribution in [1.29, 1.82) is 5.41 Å². The molecule has 0 spiro atoms. The molecule has 5 nitrogen and oxygen atoms in total. The van der Waals surface area contributed by atoms with Gasteiger partial charge in [0.05, 0.1) is 5.56 Å². The van der Waals surface area contributed by atoms with Gasteiger partial charge in [0.15, 0.2) is 17.4 Å². The fourth-order valence-corrected chi connectivity index (χ4v) is 1.54. The molecule has 110 valence electrons. The van der Waals surface area contributed by atoms with E-state index < -0.39 is 34.7 Å². The van der Waals surface area contributed by atoms with Crippen LogP contribution in [0.1, 0.15) is 19.7 Å². The third-order valence-electron chi connectivity index (χ3n) is 2.46.